The molecule has 0 spiro atoms. The number of hydrogen-bond acceptors (Lipinski definition) is 3. The van der Waals surface area contributed by atoms with Gasteiger partial charge < -0.3 is 5.32 Å². The normalized spacial score (nSPS) is 19.5. The molecule has 2 atom stereocenters. The summed E-state index contributed by atoms with van der Waals surface area (Å²) in [6.45, 7) is 2.29. The average molecular weight is 371 g/mol. The van der Waals surface area contributed by atoms with E-state index in [9.17, 15) is 9.59 Å². The van der Waals surface area contributed by atoms with Crippen LogP contribution in [0.15, 0.2) is 77.9 Å². The lowest BCUT2D eigenvalue weighted by Crippen LogP contribution is -2.35. The van der Waals surface area contributed by atoms with Crippen LogP contribution >= 0.6 is 0 Å². The highest BCUT2D eigenvalue weighted by atomic mass is 16.2. The van der Waals surface area contributed by atoms with E-state index < -0.39 is 5.92 Å². The summed E-state index contributed by atoms with van der Waals surface area (Å²) in [5, 5.41) is 9.30. The first-order valence-electron chi connectivity index (χ1n) is 9.29. The van der Waals surface area contributed by atoms with Crippen LogP contribution in [0.2, 0.25) is 0 Å². The first kappa shape index (κ1) is 17.9. The van der Waals surface area contributed by atoms with Crippen LogP contribution in [0.3, 0.4) is 0 Å². The second kappa shape index (κ2) is 7.64. The maximum absolute atomic E-state index is 12.7. The number of nitrogens with one attached hydrogen (secondary N) is 2. The molecule has 3 aromatic rings. The van der Waals surface area contributed by atoms with E-state index in [-0.39, 0.29) is 17.7 Å². The largest absolute Gasteiger partial charge is 0.355 e. The van der Waals surface area contributed by atoms with Gasteiger partial charge in [-0.15, -0.1) is 0 Å². The lowest BCUT2D eigenvalue weighted by atomic mass is 9.88. The van der Waals surface area contributed by atoms with Crippen molar-refractivity contribution in [3.63, 3.8) is 0 Å². The minimum absolute atomic E-state index is 0.190. The van der Waals surface area contributed by atoms with E-state index >= 15 is 0 Å². The SMILES string of the molecule is C/C(=N\NC(=O)C1C(=O)NCC1c1ccccc1)c1ccc2ccccc2c1. The highest BCUT2D eigenvalue weighted by Crippen LogP contribution is 2.29. The Kier molecular flexibility index (Phi) is 4.89. The second-order valence-electron chi connectivity index (χ2n) is 6.98. The Bertz CT molecular complexity index is 1060. The number of benzene rings is 3. The molecule has 0 aromatic heterocycles. The lowest BCUT2D eigenvalue weighted by molar-refractivity contribution is -0.133. The number of fused-ring (bicyclic) bond motifs is 1. The van der Waals surface area contributed by atoms with Crippen molar-refractivity contribution >= 4 is 28.3 Å². The molecule has 1 aliphatic heterocycles. The van der Waals surface area contributed by atoms with Crippen molar-refractivity contribution in [1.82, 2.24) is 10.7 Å². The van der Waals surface area contributed by atoms with Gasteiger partial charge in [0.05, 0.1) is 5.71 Å². The third kappa shape index (κ3) is 3.51. The number of nitrogens with zero attached hydrogens (tertiary/aromatic N) is 1. The molecule has 1 saturated heterocycles. The zero-order valence-corrected chi connectivity index (χ0v) is 15.6. The third-order valence-electron chi connectivity index (χ3n) is 5.19. The van der Waals surface area contributed by atoms with E-state index in [0.717, 1.165) is 21.9 Å². The van der Waals surface area contributed by atoms with Crippen molar-refractivity contribution in [1.29, 1.82) is 0 Å². The van der Waals surface area contributed by atoms with E-state index in [2.05, 4.69) is 21.9 Å². The van der Waals surface area contributed by atoms with Crippen LogP contribution in [-0.4, -0.2) is 24.1 Å². The minimum atomic E-state index is -0.782. The smallest absolute Gasteiger partial charge is 0.253 e. The fraction of sp³-hybridized carbons (Fsp3) is 0.174. The van der Waals surface area contributed by atoms with Crippen molar-refractivity contribution < 1.29 is 9.59 Å². The fourth-order valence-corrected chi connectivity index (χ4v) is 3.62. The molecule has 1 aliphatic rings. The molecule has 0 aliphatic carbocycles. The van der Waals surface area contributed by atoms with Crippen LogP contribution in [-0.2, 0) is 9.59 Å². The Labute approximate surface area is 163 Å². The minimum Gasteiger partial charge on any atom is -0.355 e. The summed E-state index contributed by atoms with van der Waals surface area (Å²) >= 11 is 0. The molecular formula is C23H21N3O2. The molecule has 4 rings (SSSR count). The van der Waals surface area contributed by atoms with E-state index in [1.807, 2.05) is 73.7 Å². The Morgan fingerprint density at radius 2 is 1.71 bits per heavy atom. The maximum Gasteiger partial charge on any atom is 0.253 e. The standard InChI is InChI=1S/C23H21N3O2/c1-15(18-12-11-16-7-5-6-10-19(16)13-18)25-26-23(28)21-20(14-24-22(21)27)17-8-3-2-4-9-17/h2-13,20-21H,14H2,1H3,(H,24,27)(H,26,28)/b25-15+. The van der Waals surface area contributed by atoms with Crippen molar-refractivity contribution in [2.45, 2.75) is 12.8 Å². The van der Waals surface area contributed by atoms with Crippen molar-refractivity contribution in [2.24, 2.45) is 11.0 Å². The quantitative estimate of drug-likeness (QED) is 0.420. The highest BCUT2D eigenvalue weighted by Gasteiger charge is 2.40. The summed E-state index contributed by atoms with van der Waals surface area (Å²) in [5.41, 5.74) is 5.17. The summed E-state index contributed by atoms with van der Waals surface area (Å²) in [7, 11) is 0. The molecule has 140 valence electrons. The van der Waals surface area contributed by atoms with Crippen molar-refractivity contribution in [2.75, 3.05) is 6.54 Å². The first-order valence-corrected chi connectivity index (χ1v) is 9.29. The van der Waals surface area contributed by atoms with Crippen molar-refractivity contribution in [3.8, 4) is 0 Å². The third-order valence-corrected chi connectivity index (χ3v) is 5.19. The summed E-state index contributed by atoms with van der Waals surface area (Å²) in [6, 6.07) is 23.7. The Morgan fingerprint density at radius 3 is 2.50 bits per heavy atom. The van der Waals surface area contributed by atoms with E-state index in [4.69, 9.17) is 0 Å². The van der Waals surface area contributed by atoms with Gasteiger partial charge in [-0.25, -0.2) is 5.43 Å². The number of rotatable bonds is 4. The van der Waals surface area contributed by atoms with Gasteiger partial charge in [-0.05, 0) is 34.9 Å². The van der Waals surface area contributed by atoms with Gasteiger partial charge in [0.2, 0.25) is 5.91 Å². The number of carbonyl (C=O) groups excluding carboxylic acids is 2. The molecule has 0 bridgehead atoms. The van der Waals surface area contributed by atoms with Crippen LogP contribution in [0.1, 0.15) is 24.0 Å². The first-order chi connectivity index (χ1) is 13.6. The molecule has 1 fully saturated rings. The maximum atomic E-state index is 12.7. The molecule has 0 saturated carbocycles. The highest BCUT2D eigenvalue weighted by molar-refractivity contribution is 6.05. The molecule has 28 heavy (non-hydrogen) atoms. The molecule has 2 amide bonds. The summed E-state index contributed by atoms with van der Waals surface area (Å²) in [4.78, 5) is 24.9. The van der Waals surface area contributed by atoms with Crippen LogP contribution in [0, 0.1) is 5.92 Å². The van der Waals surface area contributed by atoms with Gasteiger partial charge in [-0.1, -0.05) is 66.7 Å². The van der Waals surface area contributed by atoms with E-state index in [0.29, 0.717) is 12.3 Å². The molecular weight excluding hydrogens is 350 g/mol. The molecule has 2 unspecified atom stereocenters. The number of amides is 2. The Morgan fingerprint density at radius 1 is 1.00 bits per heavy atom. The number of hydrogen-bond donors (Lipinski definition) is 2. The van der Waals surface area contributed by atoms with E-state index in [1.165, 1.54) is 0 Å². The lowest BCUT2D eigenvalue weighted by Gasteiger charge is -2.15. The number of hydrazone groups is 1. The average Bonchev–Trinajstić information content (AvgIpc) is 3.13. The number of carbonyl (C=O) groups is 2. The van der Waals surface area contributed by atoms with Gasteiger partial charge in [0, 0.05) is 12.5 Å². The van der Waals surface area contributed by atoms with Crippen LogP contribution in [0.4, 0.5) is 0 Å². The predicted octanol–water partition coefficient (Wildman–Crippen LogP) is 3.21. The van der Waals surface area contributed by atoms with Gasteiger partial charge in [0.25, 0.3) is 5.91 Å². The van der Waals surface area contributed by atoms with Gasteiger partial charge in [0.15, 0.2) is 0 Å². The molecule has 5 nitrogen and oxygen atoms in total. The summed E-state index contributed by atoms with van der Waals surface area (Å²) < 4.78 is 0. The fourth-order valence-electron chi connectivity index (χ4n) is 3.62. The van der Waals surface area contributed by atoms with Crippen LogP contribution in [0.5, 0.6) is 0 Å². The van der Waals surface area contributed by atoms with Crippen LogP contribution in [0.25, 0.3) is 10.8 Å². The predicted molar refractivity (Wildman–Crippen MR) is 110 cm³/mol. The monoisotopic (exact) mass is 371 g/mol. The van der Waals surface area contributed by atoms with Gasteiger partial charge >= 0.3 is 0 Å². The zero-order chi connectivity index (χ0) is 19.5. The Hall–Kier alpha value is -3.47. The molecule has 1 heterocycles. The van der Waals surface area contributed by atoms with Gasteiger partial charge in [-0.3, -0.25) is 9.59 Å². The van der Waals surface area contributed by atoms with E-state index in [1.54, 1.807) is 0 Å². The second-order valence-corrected chi connectivity index (χ2v) is 6.98. The van der Waals surface area contributed by atoms with Gasteiger partial charge in [0.1, 0.15) is 5.92 Å². The Balaban J connectivity index is 1.52. The van der Waals surface area contributed by atoms with Crippen molar-refractivity contribution in [3.05, 3.63) is 83.9 Å². The zero-order valence-electron chi connectivity index (χ0n) is 15.6. The summed E-state index contributed by atoms with van der Waals surface area (Å²) in [6.07, 6.45) is 0. The molecule has 0 radical (unpaired) electrons. The van der Waals surface area contributed by atoms with Crippen LogP contribution < -0.4 is 10.7 Å². The van der Waals surface area contributed by atoms with Gasteiger partial charge in [-0.2, -0.15) is 5.10 Å². The molecule has 2 N–H and O–H groups in total. The molecule has 3 aromatic carbocycles. The summed E-state index contributed by atoms with van der Waals surface area (Å²) in [5.74, 6) is -1.62. The topological polar surface area (TPSA) is 70.6 Å². The molecule has 5 heteroatoms.